The Kier molecular flexibility index (Phi) is 2.47. The van der Waals surface area contributed by atoms with Crippen LogP contribution in [0.25, 0.3) is 32.7 Å². The van der Waals surface area contributed by atoms with Gasteiger partial charge in [-0.3, -0.25) is 0 Å². The van der Waals surface area contributed by atoms with Crippen molar-refractivity contribution in [2.24, 2.45) is 0 Å². The predicted octanol–water partition coefficient (Wildman–Crippen LogP) is 6.26. The Balaban J connectivity index is 2.31. The lowest BCUT2D eigenvalue weighted by Crippen LogP contribution is -1.72. The minimum absolute atomic E-state index is 0.898. The summed E-state index contributed by atoms with van der Waals surface area (Å²) >= 11 is 7.10. The van der Waals surface area contributed by atoms with Gasteiger partial charge in [0.25, 0.3) is 0 Å². The molecule has 1 aromatic heterocycles. The van der Waals surface area contributed by atoms with Gasteiger partial charge in [-0.2, -0.15) is 0 Å². The van der Waals surface area contributed by atoms with Crippen molar-refractivity contribution in [3.05, 3.63) is 57.5 Å². The minimum Gasteiger partial charge on any atom is -0.454 e. The number of rotatable bonds is 0. The van der Waals surface area contributed by atoms with Crippen molar-refractivity contribution in [1.82, 2.24) is 0 Å². The molecule has 0 amide bonds. The van der Waals surface area contributed by atoms with E-state index in [1.165, 1.54) is 5.39 Å². The van der Waals surface area contributed by atoms with E-state index in [-0.39, 0.29) is 0 Å². The summed E-state index contributed by atoms with van der Waals surface area (Å²) in [6.07, 6.45) is 0. The zero-order valence-electron chi connectivity index (χ0n) is 9.78. The zero-order chi connectivity index (χ0) is 13.0. The average molecular weight is 376 g/mol. The molecule has 0 aliphatic rings. The maximum absolute atomic E-state index is 6.08. The molecule has 0 fully saturated rings. The van der Waals surface area contributed by atoms with E-state index in [0.29, 0.717) is 0 Å². The van der Waals surface area contributed by atoms with Crippen LogP contribution < -0.4 is 0 Å². The van der Waals surface area contributed by atoms with E-state index in [1.807, 2.05) is 18.2 Å². The summed E-state index contributed by atoms with van der Waals surface area (Å²) in [4.78, 5) is 0. The van der Waals surface area contributed by atoms with Crippen molar-refractivity contribution < 1.29 is 4.42 Å². The van der Waals surface area contributed by atoms with E-state index in [9.17, 15) is 0 Å². The Morgan fingerprint density at radius 1 is 0.737 bits per heavy atom. The van der Waals surface area contributed by atoms with Gasteiger partial charge < -0.3 is 4.42 Å². The smallest absolute Gasteiger partial charge is 0.149 e. The molecule has 1 heterocycles. The number of hydrogen-bond acceptors (Lipinski definition) is 1. The maximum Gasteiger partial charge on any atom is 0.149 e. The first-order chi connectivity index (χ1) is 9.24. The molecular formula is C16H8Br2O. The van der Waals surface area contributed by atoms with Crippen LogP contribution in [0.3, 0.4) is 0 Å². The summed E-state index contributed by atoms with van der Waals surface area (Å²) in [6.45, 7) is 0. The fourth-order valence-corrected chi connectivity index (χ4v) is 3.84. The fraction of sp³-hybridized carbons (Fsp3) is 0. The maximum atomic E-state index is 6.08. The van der Waals surface area contributed by atoms with Gasteiger partial charge in [-0.25, -0.2) is 0 Å². The van der Waals surface area contributed by atoms with Gasteiger partial charge in [-0.15, -0.1) is 0 Å². The van der Waals surface area contributed by atoms with Crippen molar-refractivity contribution in [3.63, 3.8) is 0 Å². The molecule has 3 heteroatoms. The van der Waals surface area contributed by atoms with Crippen molar-refractivity contribution in [1.29, 1.82) is 0 Å². The van der Waals surface area contributed by atoms with Crippen molar-refractivity contribution in [3.8, 4) is 0 Å². The minimum atomic E-state index is 0.898. The highest BCUT2D eigenvalue weighted by Crippen LogP contribution is 2.38. The van der Waals surface area contributed by atoms with Crippen LogP contribution in [-0.2, 0) is 0 Å². The Hall–Kier alpha value is -1.32. The van der Waals surface area contributed by atoms with Gasteiger partial charge >= 0.3 is 0 Å². The molecule has 3 aromatic carbocycles. The lowest BCUT2D eigenvalue weighted by Gasteiger charge is -1.97. The summed E-state index contributed by atoms with van der Waals surface area (Å²) in [5.74, 6) is 0. The van der Waals surface area contributed by atoms with Crippen LogP contribution in [0.1, 0.15) is 0 Å². The molecule has 0 spiro atoms. The Bertz CT molecular complexity index is 938. The molecule has 0 aliphatic heterocycles. The lowest BCUT2D eigenvalue weighted by atomic mass is 10.1. The van der Waals surface area contributed by atoms with Crippen molar-refractivity contribution >= 4 is 64.6 Å². The largest absolute Gasteiger partial charge is 0.454 e. The molecule has 19 heavy (non-hydrogen) atoms. The number of hydrogen-bond donors (Lipinski definition) is 0. The van der Waals surface area contributed by atoms with E-state index in [0.717, 1.165) is 36.3 Å². The summed E-state index contributed by atoms with van der Waals surface area (Å²) < 4.78 is 8.10. The third-order valence-electron chi connectivity index (χ3n) is 3.38. The van der Waals surface area contributed by atoms with Crippen LogP contribution in [0.15, 0.2) is 61.9 Å². The molecule has 4 rings (SSSR count). The highest BCUT2D eigenvalue weighted by molar-refractivity contribution is 9.11. The van der Waals surface area contributed by atoms with E-state index >= 15 is 0 Å². The zero-order valence-corrected chi connectivity index (χ0v) is 13.0. The summed E-state index contributed by atoms with van der Waals surface area (Å²) in [5, 5.41) is 4.63. The highest BCUT2D eigenvalue weighted by atomic mass is 79.9. The molecule has 4 aromatic rings. The molecule has 0 unspecified atom stereocenters. The average Bonchev–Trinajstić information content (AvgIpc) is 2.78. The number of halogens is 2. The normalized spacial score (nSPS) is 11.7. The molecule has 0 bridgehead atoms. The predicted molar refractivity (Wildman–Crippen MR) is 86.6 cm³/mol. The molecular weight excluding hydrogens is 368 g/mol. The molecule has 0 saturated heterocycles. The topological polar surface area (TPSA) is 13.1 Å². The van der Waals surface area contributed by atoms with Gasteiger partial charge in [0.2, 0.25) is 0 Å². The van der Waals surface area contributed by atoms with Gasteiger partial charge in [0.1, 0.15) is 11.2 Å². The van der Waals surface area contributed by atoms with Gasteiger partial charge in [0, 0.05) is 20.6 Å². The van der Waals surface area contributed by atoms with E-state index in [4.69, 9.17) is 4.42 Å². The second kappa shape index (κ2) is 4.09. The van der Waals surface area contributed by atoms with E-state index in [2.05, 4.69) is 62.2 Å². The summed E-state index contributed by atoms with van der Waals surface area (Å²) in [5.41, 5.74) is 1.85. The quantitative estimate of drug-likeness (QED) is 0.353. The molecule has 92 valence electrons. The first-order valence-corrected chi connectivity index (χ1v) is 7.51. The van der Waals surface area contributed by atoms with Crippen LogP contribution >= 0.6 is 31.9 Å². The van der Waals surface area contributed by atoms with Crippen molar-refractivity contribution in [2.75, 3.05) is 0 Å². The summed E-state index contributed by atoms with van der Waals surface area (Å²) in [6, 6.07) is 16.7. The van der Waals surface area contributed by atoms with Crippen LogP contribution in [0.5, 0.6) is 0 Å². The number of benzene rings is 3. The summed E-state index contributed by atoms with van der Waals surface area (Å²) in [7, 11) is 0. The van der Waals surface area contributed by atoms with Crippen molar-refractivity contribution in [2.45, 2.75) is 0 Å². The third kappa shape index (κ3) is 1.65. The van der Waals surface area contributed by atoms with Crippen LogP contribution in [-0.4, -0.2) is 0 Å². The first-order valence-electron chi connectivity index (χ1n) is 5.93. The molecule has 0 saturated carbocycles. The Labute approximate surface area is 126 Å². The first kappa shape index (κ1) is 11.5. The van der Waals surface area contributed by atoms with E-state index < -0.39 is 0 Å². The molecule has 1 nitrogen and oxygen atoms in total. The third-order valence-corrected chi connectivity index (χ3v) is 4.43. The molecule has 0 atom stereocenters. The monoisotopic (exact) mass is 374 g/mol. The Morgan fingerprint density at radius 3 is 2.47 bits per heavy atom. The lowest BCUT2D eigenvalue weighted by molar-refractivity contribution is 0.670. The van der Waals surface area contributed by atoms with Crippen LogP contribution in [0, 0.1) is 0 Å². The number of furan rings is 1. The number of fused-ring (bicyclic) bond motifs is 5. The van der Waals surface area contributed by atoms with Gasteiger partial charge in [-0.1, -0.05) is 46.3 Å². The van der Waals surface area contributed by atoms with E-state index in [1.54, 1.807) is 0 Å². The van der Waals surface area contributed by atoms with Crippen LogP contribution in [0.4, 0.5) is 0 Å². The highest BCUT2D eigenvalue weighted by Gasteiger charge is 2.12. The second-order valence-electron chi connectivity index (χ2n) is 4.53. The van der Waals surface area contributed by atoms with Crippen LogP contribution in [0.2, 0.25) is 0 Å². The molecule has 0 N–H and O–H groups in total. The van der Waals surface area contributed by atoms with Gasteiger partial charge in [0.15, 0.2) is 0 Å². The standard InChI is InChI=1S/C16H8Br2O/c17-10-7-13-12-6-5-9-3-1-2-4-11(9)15(12)19-16(13)14(18)8-10/h1-8H. The van der Waals surface area contributed by atoms with Gasteiger partial charge in [-0.05, 0) is 39.5 Å². The van der Waals surface area contributed by atoms with Gasteiger partial charge in [0.05, 0.1) is 4.47 Å². The Morgan fingerprint density at radius 2 is 1.58 bits per heavy atom. The SMILES string of the molecule is Brc1cc(Br)c2oc3c4ccccc4ccc3c2c1. The fourth-order valence-electron chi connectivity index (χ4n) is 2.53. The second-order valence-corrected chi connectivity index (χ2v) is 6.30. The molecule has 0 aliphatic carbocycles. The molecule has 0 radical (unpaired) electrons.